The van der Waals surface area contributed by atoms with Crippen molar-refractivity contribution < 1.29 is 14.0 Å². The molecule has 0 saturated carbocycles. The molecule has 0 aliphatic carbocycles. The van der Waals surface area contributed by atoms with Gasteiger partial charge in [-0.05, 0) is 44.5 Å². The Morgan fingerprint density at radius 3 is 2.61 bits per heavy atom. The van der Waals surface area contributed by atoms with E-state index in [1.165, 1.54) is 30.0 Å². The largest absolute Gasteiger partial charge is 0.342 e. The maximum atomic E-state index is 13.8. The molecule has 31 heavy (non-hydrogen) atoms. The summed E-state index contributed by atoms with van der Waals surface area (Å²) in [7, 11) is 1.76. The summed E-state index contributed by atoms with van der Waals surface area (Å²) in [6.07, 6.45) is 0. The fourth-order valence-corrected chi connectivity index (χ4v) is 3.80. The van der Waals surface area contributed by atoms with E-state index in [1.54, 1.807) is 24.6 Å². The van der Waals surface area contributed by atoms with E-state index in [0.29, 0.717) is 11.0 Å². The van der Waals surface area contributed by atoms with Crippen LogP contribution in [0.25, 0.3) is 0 Å². The van der Waals surface area contributed by atoms with Crippen molar-refractivity contribution in [2.24, 2.45) is 7.05 Å². The number of benzene rings is 2. The summed E-state index contributed by atoms with van der Waals surface area (Å²) >= 11 is 1.24. The minimum atomic E-state index is -0.587. The van der Waals surface area contributed by atoms with Gasteiger partial charge in [0.2, 0.25) is 5.91 Å². The van der Waals surface area contributed by atoms with Crippen molar-refractivity contribution in [3.63, 3.8) is 0 Å². The van der Waals surface area contributed by atoms with Crippen molar-refractivity contribution in [2.45, 2.75) is 32.0 Å². The van der Waals surface area contributed by atoms with Crippen molar-refractivity contribution in [1.82, 2.24) is 20.1 Å². The zero-order valence-electron chi connectivity index (χ0n) is 17.8. The van der Waals surface area contributed by atoms with Crippen LogP contribution in [-0.4, -0.2) is 32.3 Å². The van der Waals surface area contributed by atoms with Crippen molar-refractivity contribution in [1.29, 1.82) is 0 Å². The van der Waals surface area contributed by atoms with Crippen LogP contribution in [-0.2, 0) is 11.8 Å². The molecule has 3 rings (SSSR count). The van der Waals surface area contributed by atoms with E-state index >= 15 is 0 Å². The topological polar surface area (TPSA) is 88.9 Å². The molecule has 1 heterocycles. The second-order valence-electron chi connectivity index (χ2n) is 7.23. The van der Waals surface area contributed by atoms with Crippen molar-refractivity contribution in [3.05, 3.63) is 70.8 Å². The lowest BCUT2D eigenvalue weighted by atomic mass is 10.1. The molecule has 0 aliphatic heterocycles. The summed E-state index contributed by atoms with van der Waals surface area (Å²) < 4.78 is 15.5. The van der Waals surface area contributed by atoms with E-state index < -0.39 is 17.8 Å². The summed E-state index contributed by atoms with van der Waals surface area (Å²) in [5.74, 6) is -0.605. The van der Waals surface area contributed by atoms with Crippen molar-refractivity contribution >= 4 is 29.3 Å². The average molecular weight is 442 g/mol. The SMILES string of the molecule is Cc1ccc(NC(=O)CSc2nnc(C(C)NC(=O)c3ccccc3F)n2C)c(C)c1. The first-order valence-electron chi connectivity index (χ1n) is 9.71. The highest BCUT2D eigenvalue weighted by molar-refractivity contribution is 7.99. The molecule has 0 bridgehead atoms. The second kappa shape index (κ2) is 9.74. The number of halogens is 1. The molecule has 2 aromatic carbocycles. The van der Waals surface area contributed by atoms with Gasteiger partial charge >= 0.3 is 0 Å². The third-order valence-corrected chi connectivity index (χ3v) is 5.73. The Hall–Kier alpha value is -3.20. The number of thioether (sulfide) groups is 1. The second-order valence-corrected chi connectivity index (χ2v) is 8.17. The number of carbonyl (C=O) groups excluding carboxylic acids is 2. The number of aryl methyl sites for hydroxylation is 2. The first-order chi connectivity index (χ1) is 14.8. The lowest BCUT2D eigenvalue weighted by molar-refractivity contribution is -0.113. The average Bonchev–Trinajstić information content (AvgIpc) is 3.09. The molecule has 7 nitrogen and oxygen atoms in total. The Labute approximate surface area is 184 Å². The molecule has 1 atom stereocenters. The smallest absolute Gasteiger partial charge is 0.254 e. The van der Waals surface area contributed by atoms with Gasteiger partial charge in [0.05, 0.1) is 17.4 Å². The van der Waals surface area contributed by atoms with Gasteiger partial charge in [-0.1, -0.05) is 41.6 Å². The number of rotatable bonds is 7. The highest BCUT2D eigenvalue weighted by Crippen LogP contribution is 2.21. The zero-order valence-corrected chi connectivity index (χ0v) is 18.6. The predicted octanol–water partition coefficient (Wildman–Crippen LogP) is 3.79. The van der Waals surface area contributed by atoms with Gasteiger partial charge in [0, 0.05) is 12.7 Å². The van der Waals surface area contributed by atoms with E-state index in [2.05, 4.69) is 20.8 Å². The van der Waals surface area contributed by atoms with Gasteiger partial charge in [-0.2, -0.15) is 0 Å². The highest BCUT2D eigenvalue weighted by Gasteiger charge is 2.20. The van der Waals surface area contributed by atoms with Gasteiger partial charge in [0.25, 0.3) is 5.91 Å². The molecular formula is C22H24FN5O2S. The monoisotopic (exact) mass is 441 g/mol. The maximum absolute atomic E-state index is 13.8. The number of nitrogens with zero attached hydrogens (tertiary/aromatic N) is 3. The molecule has 2 amide bonds. The van der Waals surface area contributed by atoms with E-state index in [4.69, 9.17) is 0 Å². The lowest BCUT2D eigenvalue weighted by Crippen LogP contribution is -2.29. The summed E-state index contributed by atoms with van der Waals surface area (Å²) in [6, 6.07) is 11.1. The number of carbonyl (C=O) groups is 2. The van der Waals surface area contributed by atoms with Crippen LogP contribution in [0.1, 0.15) is 40.3 Å². The van der Waals surface area contributed by atoms with Crippen molar-refractivity contribution in [2.75, 3.05) is 11.1 Å². The third-order valence-electron chi connectivity index (χ3n) is 4.71. The van der Waals surface area contributed by atoms with Crippen LogP contribution in [0.2, 0.25) is 0 Å². The van der Waals surface area contributed by atoms with Gasteiger partial charge in [0.1, 0.15) is 5.82 Å². The number of anilines is 1. The molecule has 3 aromatic rings. The van der Waals surface area contributed by atoms with Crippen LogP contribution in [0.5, 0.6) is 0 Å². The number of nitrogens with one attached hydrogen (secondary N) is 2. The van der Waals surface area contributed by atoms with Gasteiger partial charge in [-0.15, -0.1) is 10.2 Å². The van der Waals surface area contributed by atoms with Crippen LogP contribution < -0.4 is 10.6 Å². The molecule has 162 valence electrons. The van der Waals surface area contributed by atoms with Crippen LogP contribution in [0, 0.1) is 19.7 Å². The quantitative estimate of drug-likeness (QED) is 0.545. The third kappa shape index (κ3) is 5.49. The van der Waals surface area contributed by atoms with Gasteiger partial charge in [-0.25, -0.2) is 4.39 Å². The minimum Gasteiger partial charge on any atom is -0.342 e. The molecule has 1 aromatic heterocycles. The Balaban J connectivity index is 1.59. The van der Waals surface area contributed by atoms with Crippen LogP contribution in [0.15, 0.2) is 47.6 Å². The molecule has 0 spiro atoms. The first-order valence-corrected chi connectivity index (χ1v) is 10.7. The van der Waals surface area contributed by atoms with E-state index in [0.717, 1.165) is 16.8 Å². The Bertz CT molecular complexity index is 1120. The Kier molecular flexibility index (Phi) is 7.06. The molecule has 2 N–H and O–H groups in total. The fraction of sp³-hybridized carbons (Fsp3) is 0.273. The van der Waals surface area contributed by atoms with Gasteiger partial charge < -0.3 is 15.2 Å². The maximum Gasteiger partial charge on any atom is 0.254 e. The molecule has 1 unspecified atom stereocenters. The molecule has 0 radical (unpaired) electrons. The molecule has 0 aliphatic rings. The zero-order chi connectivity index (χ0) is 22.5. The molecule has 0 fully saturated rings. The number of aromatic nitrogens is 3. The number of hydrogen-bond donors (Lipinski definition) is 2. The van der Waals surface area contributed by atoms with E-state index in [1.807, 2.05) is 32.0 Å². The van der Waals surface area contributed by atoms with Gasteiger partial charge in [-0.3, -0.25) is 9.59 Å². The fourth-order valence-electron chi connectivity index (χ4n) is 3.08. The predicted molar refractivity (Wildman–Crippen MR) is 119 cm³/mol. The lowest BCUT2D eigenvalue weighted by Gasteiger charge is -2.14. The normalized spacial score (nSPS) is 11.8. The summed E-state index contributed by atoms with van der Waals surface area (Å²) in [4.78, 5) is 24.7. The number of amides is 2. The standard InChI is InChI=1S/C22H24FN5O2S/c1-13-9-10-18(14(2)11-13)25-19(29)12-31-22-27-26-20(28(22)4)15(3)24-21(30)16-7-5-6-8-17(16)23/h5-11,15H,12H2,1-4H3,(H,24,30)(H,25,29). The summed E-state index contributed by atoms with van der Waals surface area (Å²) in [5, 5.41) is 14.4. The summed E-state index contributed by atoms with van der Waals surface area (Å²) in [6.45, 7) is 5.69. The minimum absolute atomic E-state index is 0.0332. The van der Waals surface area contributed by atoms with E-state index in [9.17, 15) is 14.0 Å². The van der Waals surface area contributed by atoms with E-state index in [-0.39, 0.29) is 17.2 Å². The highest BCUT2D eigenvalue weighted by atomic mass is 32.2. The van der Waals surface area contributed by atoms with Gasteiger partial charge in [0.15, 0.2) is 11.0 Å². The van der Waals surface area contributed by atoms with Crippen LogP contribution >= 0.6 is 11.8 Å². The number of hydrogen-bond acceptors (Lipinski definition) is 5. The Morgan fingerprint density at radius 2 is 1.90 bits per heavy atom. The molecule has 9 heteroatoms. The van der Waals surface area contributed by atoms with Crippen LogP contribution in [0.3, 0.4) is 0 Å². The summed E-state index contributed by atoms with van der Waals surface area (Å²) in [5.41, 5.74) is 2.87. The van der Waals surface area contributed by atoms with Crippen molar-refractivity contribution in [3.8, 4) is 0 Å². The molecular weight excluding hydrogens is 417 g/mol. The molecule has 0 saturated heterocycles. The Morgan fingerprint density at radius 1 is 1.16 bits per heavy atom. The first kappa shape index (κ1) is 22.5. The van der Waals surface area contributed by atoms with Crippen LogP contribution in [0.4, 0.5) is 10.1 Å².